The number of nitrogens with zero attached hydrogens (tertiary/aromatic N) is 4. The first kappa shape index (κ1) is 9.98. The minimum Gasteiger partial charge on any atom is -0.368 e. The number of nitrogens with two attached hydrogens (primary N) is 1. The van der Waals surface area contributed by atoms with Crippen molar-refractivity contribution in [1.29, 1.82) is 0 Å². The average molecular weight is 202 g/mol. The van der Waals surface area contributed by atoms with Crippen molar-refractivity contribution >= 4 is 23.5 Å². The molecule has 0 radical (unpaired) electrons. The van der Waals surface area contributed by atoms with Crippen LogP contribution in [-0.4, -0.2) is 28.0 Å². The van der Waals surface area contributed by atoms with E-state index in [-0.39, 0.29) is 17.3 Å². The van der Waals surface area contributed by atoms with Crippen molar-refractivity contribution in [2.75, 3.05) is 17.7 Å². The molecule has 0 unspecified atom stereocenters. The molecule has 0 saturated carbocycles. The van der Waals surface area contributed by atoms with Gasteiger partial charge in [-0.25, -0.2) is 0 Å². The molecule has 0 aliphatic rings. The summed E-state index contributed by atoms with van der Waals surface area (Å²) in [6.07, 6.45) is 0. The Morgan fingerprint density at radius 3 is 2.38 bits per heavy atom. The van der Waals surface area contributed by atoms with Gasteiger partial charge in [-0.05, 0) is 25.4 Å². The highest BCUT2D eigenvalue weighted by Gasteiger charge is 2.09. The summed E-state index contributed by atoms with van der Waals surface area (Å²) < 4.78 is 0. The molecule has 6 heteroatoms. The first-order valence-corrected chi connectivity index (χ1v) is 4.28. The van der Waals surface area contributed by atoms with E-state index in [1.54, 1.807) is 0 Å². The lowest BCUT2D eigenvalue weighted by Gasteiger charge is -2.20. The van der Waals surface area contributed by atoms with Crippen LogP contribution < -0.4 is 10.6 Å². The molecule has 1 rings (SSSR count). The Morgan fingerprint density at radius 2 is 1.92 bits per heavy atom. The highest BCUT2D eigenvalue weighted by atomic mass is 35.5. The van der Waals surface area contributed by atoms with Gasteiger partial charge in [0.1, 0.15) is 0 Å². The molecule has 0 atom stereocenters. The molecule has 5 nitrogen and oxygen atoms in total. The summed E-state index contributed by atoms with van der Waals surface area (Å²) in [5.41, 5.74) is 5.42. The Kier molecular flexibility index (Phi) is 2.87. The van der Waals surface area contributed by atoms with E-state index >= 15 is 0 Å². The number of hydrogen-bond acceptors (Lipinski definition) is 5. The molecule has 13 heavy (non-hydrogen) atoms. The van der Waals surface area contributed by atoms with Crippen LogP contribution in [0.2, 0.25) is 5.28 Å². The van der Waals surface area contributed by atoms with Gasteiger partial charge in [-0.3, -0.25) is 0 Å². The van der Waals surface area contributed by atoms with Gasteiger partial charge in [0, 0.05) is 13.1 Å². The van der Waals surface area contributed by atoms with Gasteiger partial charge in [0.2, 0.25) is 17.2 Å². The van der Waals surface area contributed by atoms with Crippen LogP contribution in [0, 0.1) is 0 Å². The fraction of sp³-hybridized carbons (Fsp3) is 0.571. The van der Waals surface area contributed by atoms with Gasteiger partial charge in [0.25, 0.3) is 0 Å². The smallest absolute Gasteiger partial charge is 0.231 e. The minimum atomic E-state index is 0.120. The zero-order valence-corrected chi connectivity index (χ0v) is 8.58. The molecule has 0 aliphatic carbocycles. The van der Waals surface area contributed by atoms with E-state index in [1.807, 2.05) is 25.8 Å². The van der Waals surface area contributed by atoms with Crippen LogP contribution in [0.5, 0.6) is 0 Å². The maximum atomic E-state index is 5.63. The van der Waals surface area contributed by atoms with Crippen LogP contribution in [0.15, 0.2) is 0 Å². The van der Waals surface area contributed by atoms with E-state index in [9.17, 15) is 0 Å². The molecule has 0 spiro atoms. The van der Waals surface area contributed by atoms with Crippen molar-refractivity contribution in [3.63, 3.8) is 0 Å². The summed E-state index contributed by atoms with van der Waals surface area (Å²) in [5, 5.41) is 0.120. The summed E-state index contributed by atoms with van der Waals surface area (Å²) in [5.74, 6) is 0.634. The van der Waals surface area contributed by atoms with Crippen LogP contribution in [0.3, 0.4) is 0 Å². The average Bonchev–Trinajstić information content (AvgIpc) is 2.01. The third kappa shape index (κ3) is 2.42. The predicted molar refractivity (Wildman–Crippen MR) is 52.8 cm³/mol. The van der Waals surface area contributed by atoms with Crippen LogP contribution in [0.25, 0.3) is 0 Å². The van der Waals surface area contributed by atoms with Crippen LogP contribution in [0.1, 0.15) is 13.8 Å². The van der Waals surface area contributed by atoms with Crippen LogP contribution >= 0.6 is 11.6 Å². The van der Waals surface area contributed by atoms with E-state index in [2.05, 4.69) is 15.0 Å². The molecule has 72 valence electrons. The SMILES string of the molecule is CC(C)N(C)c1nc(N)nc(Cl)n1. The molecule has 0 aromatic carbocycles. The summed E-state index contributed by atoms with van der Waals surface area (Å²) in [7, 11) is 1.87. The second kappa shape index (κ2) is 3.74. The lowest BCUT2D eigenvalue weighted by molar-refractivity contribution is 0.726. The van der Waals surface area contributed by atoms with Crippen molar-refractivity contribution in [2.24, 2.45) is 0 Å². The van der Waals surface area contributed by atoms with Gasteiger partial charge in [0.15, 0.2) is 0 Å². The summed E-state index contributed by atoms with van der Waals surface area (Å²) >= 11 is 5.63. The van der Waals surface area contributed by atoms with E-state index in [1.165, 1.54) is 0 Å². The molecule has 0 amide bonds. The molecule has 0 fully saturated rings. The van der Waals surface area contributed by atoms with Crippen molar-refractivity contribution in [3.05, 3.63) is 5.28 Å². The zero-order chi connectivity index (χ0) is 10.0. The second-order valence-electron chi connectivity index (χ2n) is 2.97. The van der Waals surface area contributed by atoms with E-state index in [0.29, 0.717) is 5.95 Å². The Hall–Kier alpha value is -1.10. The Labute approximate surface area is 82.0 Å². The van der Waals surface area contributed by atoms with Crippen molar-refractivity contribution in [3.8, 4) is 0 Å². The standard InChI is InChI=1S/C7H12ClN5/c1-4(2)13(3)7-11-5(8)10-6(9)12-7/h4H,1-3H3,(H2,9,10,11,12). The first-order chi connectivity index (χ1) is 6.00. The van der Waals surface area contributed by atoms with Crippen molar-refractivity contribution < 1.29 is 0 Å². The largest absolute Gasteiger partial charge is 0.368 e. The molecule has 1 heterocycles. The van der Waals surface area contributed by atoms with Gasteiger partial charge in [-0.1, -0.05) is 0 Å². The number of hydrogen-bond donors (Lipinski definition) is 1. The van der Waals surface area contributed by atoms with Gasteiger partial charge in [-0.2, -0.15) is 15.0 Å². The normalized spacial score (nSPS) is 10.5. The fourth-order valence-electron chi connectivity index (χ4n) is 0.743. The van der Waals surface area contributed by atoms with E-state index < -0.39 is 0 Å². The number of rotatable bonds is 2. The van der Waals surface area contributed by atoms with Crippen LogP contribution in [0.4, 0.5) is 11.9 Å². The summed E-state index contributed by atoms with van der Waals surface area (Å²) in [4.78, 5) is 13.4. The summed E-state index contributed by atoms with van der Waals surface area (Å²) in [6, 6.07) is 0.290. The number of aromatic nitrogens is 3. The molecule has 0 saturated heterocycles. The maximum Gasteiger partial charge on any atom is 0.231 e. The van der Waals surface area contributed by atoms with Crippen molar-refractivity contribution in [1.82, 2.24) is 15.0 Å². The van der Waals surface area contributed by atoms with Crippen molar-refractivity contribution in [2.45, 2.75) is 19.9 Å². The molecule has 0 bridgehead atoms. The molecule has 1 aromatic heterocycles. The molecule has 2 N–H and O–H groups in total. The molecule has 1 aromatic rings. The molecular formula is C7H12ClN5. The lowest BCUT2D eigenvalue weighted by atomic mass is 10.4. The van der Waals surface area contributed by atoms with Gasteiger partial charge in [0.05, 0.1) is 0 Å². The van der Waals surface area contributed by atoms with Gasteiger partial charge < -0.3 is 10.6 Å². The quantitative estimate of drug-likeness (QED) is 0.772. The first-order valence-electron chi connectivity index (χ1n) is 3.90. The van der Waals surface area contributed by atoms with Gasteiger partial charge >= 0.3 is 0 Å². The minimum absolute atomic E-state index is 0.120. The zero-order valence-electron chi connectivity index (χ0n) is 7.82. The van der Waals surface area contributed by atoms with Crippen LogP contribution in [-0.2, 0) is 0 Å². The Bertz CT molecular complexity index is 281. The number of halogens is 1. The Balaban J connectivity index is 3.01. The molecular weight excluding hydrogens is 190 g/mol. The topological polar surface area (TPSA) is 67.9 Å². The number of nitrogen functional groups attached to an aromatic ring is 1. The maximum absolute atomic E-state index is 5.63. The third-order valence-electron chi connectivity index (χ3n) is 1.70. The molecule has 0 aliphatic heterocycles. The fourth-order valence-corrected chi connectivity index (χ4v) is 0.905. The van der Waals surface area contributed by atoms with Gasteiger partial charge in [-0.15, -0.1) is 0 Å². The second-order valence-corrected chi connectivity index (χ2v) is 3.31. The highest BCUT2D eigenvalue weighted by molar-refractivity contribution is 6.28. The predicted octanol–water partition coefficient (Wildman–Crippen LogP) is 0.952. The lowest BCUT2D eigenvalue weighted by Crippen LogP contribution is -2.28. The Morgan fingerprint density at radius 1 is 1.31 bits per heavy atom. The highest BCUT2D eigenvalue weighted by Crippen LogP contribution is 2.12. The summed E-state index contributed by atoms with van der Waals surface area (Å²) in [6.45, 7) is 4.04. The number of anilines is 2. The third-order valence-corrected chi connectivity index (χ3v) is 1.87. The van der Waals surface area contributed by atoms with E-state index in [0.717, 1.165) is 0 Å². The van der Waals surface area contributed by atoms with E-state index in [4.69, 9.17) is 17.3 Å². The monoisotopic (exact) mass is 201 g/mol.